The number of hydrogen-bond donors (Lipinski definition) is 2. The third-order valence-electron chi connectivity index (χ3n) is 4.22. The van der Waals surface area contributed by atoms with Gasteiger partial charge in [-0.15, -0.1) is 0 Å². The number of nitrogens with one attached hydrogen (secondary N) is 2. The number of aromatic nitrogens is 1. The number of carbonyl (C=O) groups excluding carboxylic acids is 1. The number of aryl methyl sites for hydroxylation is 2. The van der Waals surface area contributed by atoms with Gasteiger partial charge in [-0.25, -0.2) is 4.98 Å². The summed E-state index contributed by atoms with van der Waals surface area (Å²) in [7, 11) is 0. The van der Waals surface area contributed by atoms with Gasteiger partial charge >= 0.3 is 0 Å². The molecule has 3 rings (SSSR count). The van der Waals surface area contributed by atoms with Crippen LogP contribution in [0.2, 0.25) is 0 Å². The maximum absolute atomic E-state index is 12.2. The smallest absolute Gasteiger partial charge is 0.229 e. The van der Waals surface area contributed by atoms with Crippen molar-refractivity contribution in [2.75, 3.05) is 10.6 Å². The molecule has 0 saturated carbocycles. The third-order valence-corrected chi connectivity index (χ3v) is 4.22. The molecule has 4 nitrogen and oxygen atoms in total. The van der Waals surface area contributed by atoms with E-state index in [4.69, 9.17) is 0 Å². The Balaban J connectivity index is 1.54. The van der Waals surface area contributed by atoms with Gasteiger partial charge in [0.05, 0.1) is 18.3 Å². The second-order valence-corrected chi connectivity index (χ2v) is 6.43. The highest BCUT2D eigenvalue weighted by molar-refractivity contribution is 5.91. The SMILES string of the molecule is Cc1cccc(CNc2ccc(NC(=O)Cc3ccccc3C)nc2)c1. The molecule has 0 spiro atoms. The number of anilines is 2. The maximum Gasteiger partial charge on any atom is 0.229 e. The van der Waals surface area contributed by atoms with E-state index in [2.05, 4.69) is 46.8 Å². The van der Waals surface area contributed by atoms with E-state index < -0.39 is 0 Å². The lowest BCUT2D eigenvalue weighted by Crippen LogP contribution is -2.15. The Bertz CT molecular complexity index is 888. The Kier molecular flexibility index (Phi) is 5.64. The van der Waals surface area contributed by atoms with Crippen LogP contribution in [-0.4, -0.2) is 10.9 Å². The van der Waals surface area contributed by atoms with Crippen molar-refractivity contribution in [3.8, 4) is 0 Å². The van der Waals surface area contributed by atoms with Crippen LogP contribution in [0.3, 0.4) is 0 Å². The van der Waals surface area contributed by atoms with Crippen LogP contribution in [0.25, 0.3) is 0 Å². The lowest BCUT2D eigenvalue weighted by atomic mass is 10.1. The highest BCUT2D eigenvalue weighted by Gasteiger charge is 2.07. The number of carbonyl (C=O) groups is 1. The summed E-state index contributed by atoms with van der Waals surface area (Å²) in [5, 5.41) is 6.19. The van der Waals surface area contributed by atoms with Crippen molar-refractivity contribution in [1.29, 1.82) is 0 Å². The number of pyridine rings is 1. The van der Waals surface area contributed by atoms with E-state index in [0.29, 0.717) is 12.2 Å². The van der Waals surface area contributed by atoms with E-state index in [9.17, 15) is 4.79 Å². The molecule has 0 saturated heterocycles. The predicted octanol–water partition coefficient (Wildman–Crippen LogP) is 4.49. The maximum atomic E-state index is 12.2. The fraction of sp³-hybridized carbons (Fsp3) is 0.182. The first kappa shape index (κ1) is 17.7. The van der Waals surface area contributed by atoms with Crippen LogP contribution in [0, 0.1) is 13.8 Å². The minimum atomic E-state index is -0.0627. The zero-order chi connectivity index (χ0) is 18.4. The molecule has 0 aliphatic rings. The number of rotatable bonds is 6. The largest absolute Gasteiger partial charge is 0.380 e. The van der Waals surface area contributed by atoms with E-state index in [1.54, 1.807) is 6.20 Å². The van der Waals surface area contributed by atoms with Gasteiger partial charge in [0.1, 0.15) is 5.82 Å². The quantitative estimate of drug-likeness (QED) is 0.692. The van der Waals surface area contributed by atoms with Crippen LogP contribution in [0.4, 0.5) is 11.5 Å². The minimum Gasteiger partial charge on any atom is -0.380 e. The van der Waals surface area contributed by atoms with Gasteiger partial charge in [-0.2, -0.15) is 0 Å². The Morgan fingerprint density at radius 2 is 1.85 bits per heavy atom. The molecule has 2 N–H and O–H groups in total. The van der Waals surface area contributed by atoms with Crippen molar-refractivity contribution >= 4 is 17.4 Å². The zero-order valence-corrected chi connectivity index (χ0v) is 15.1. The number of nitrogens with zero attached hydrogens (tertiary/aromatic N) is 1. The van der Waals surface area contributed by atoms with Crippen molar-refractivity contribution in [2.45, 2.75) is 26.8 Å². The first-order valence-electron chi connectivity index (χ1n) is 8.70. The van der Waals surface area contributed by atoms with Gasteiger partial charge < -0.3 is 10.6 Å². The summed E-state index contributed by atoms with van der Waals surface area (Å²) in [6.07, 6.45) is 2.08. The predicted molar refractivity (Wildman–Crippen MR) is 106 cm³/mol. The van der Waals surface area contributed by atoms with Crippen LogP contribution >= 0.6 is 0 Å². The van der Waals surface area contributed by atoms with Gasteiger partial charge in [0.2, 0.25) is 5.91 Å². The van der Waals surface area contributed by atoms with Crippen LogP contribution < -0.4 is 10.6 Å². The fourth-order valence-electron chi connectivity index (χ4n) is 2.77. The van der Waals surface area contributed by atoms with Crippen molar-refractivity contribution in [2.24, 2.45) is 0 Å². The molecule has 0 atom stereocenters. The second kappa shape index (κ2) is 8.30. The lowest BCUT2D eigenvalue weighted by molar-refractivity contribution is -0.115. The summed E-state index contributed by atoms with van der Waals surface area (Å²) in [6.45, 7) is 4.83. The van der Waals surface area contributed by atoms with Gasteiger partial charge in [-0.3, -0.25) is 4.79 Å². The van der Waals surface area contributed by atoms with Crippen molar-refractivity contribution in [3.63, 3.8) is 0 Å². The summed E-state index contributed by atoms with van der Waals surface area (Å²) in [5.41, 5.74) is 5.53. The van der Waals surface area contributed by atoms with Crippen molar-refractivity contribution in [3.05, 3.63) is 89.1 Å². The van der Waals surface area contributed by atoms with Gasteiger partial charge in [0, 0.05) is 6.54 Å². The molecule has 0 aliphatic carbocycles. The van der Waals surface area contributed by atoms with Crippen LogP contribution in [-0.2, 0) is 17.8 Å². The topological polar surface area (TPSA) is 54.0 Å². The van der Waals surface area contributed by atoms with E-state index in [1.165, 1.54) is 11.1 Å². The highest BCUT2D eigenvalue weighted by atomic mass is 16.1. The second-order valence-electron chi connectivity index (χ2n) is 6.43. The monoisotopic (exact) mass is 345 g/mol. The Morgan fingerprint density at radius 3 is 2.58 bits per heavy atom. The number of hydrogen-bond acceptors (Lipinski definition) is 3. The molecule has 3 aromatic rings. The summed E-state index contributed by atoms with van der Waals surface area (Å²) in [4.78, 5) is 16.5. The molecule has 4 heteroatoms. The van der Waals surface area contributed by atoms with E-state index >= 15 is 0 Å². The zero-order valence-electron chi connectivity index (χ0n) is 15.1. The first-order chi connectivity index (χ1) is 12.6. The summed E-state index contributed by atoms with van der Waals surface area (Å²) in [5.74, 6) is 0.497. The molecular formula is C22H23N3O. The molecule has 2 aromatic carbocycles. The molecule has 0 unspecified atom stereocenters. The molecule has 1 heterocycles. The van der Waals surface area contributed by atoms with E-state index in [1.807, 2.05) is 43.3 Å². The average molecular weight is 345 g/mol. The number of benzene rings is 2. The summed E-state index contributed by atoms with van der Waals surface area (Å²) >= 11 is 0. The molecule has 0 bridgehead atoms. The van der Waals surface area contributed by atoms with E-state index in [-0.39, 0.29) is 5.91 Å². The van der Waals surface area contributed by atoms with Crippen molar-refractivity contribution in [1.82, 2.24) is 4.98 Å². The van der Waals surface area contributed by atoms with Gasteiger partial charge in [-0.05, 0) is 42.7 Å². The average Bonchev–Trinajstić information content (AvgIpc) is 2.63. The van der Waals surface area contributed by atoms with Gasteiger partial charge in [-0.1, -0.05) is 54.1 Å². The molecule has 132 valence electrons. The van der Waals surface area contributed by atoms with E-state index in [0.717, 1.165) is 23.4 Å². The Morgan fingerprint density at radius 1 is 1.00 bits per heavy atom. The summed E-state index contributed by atoms with van der Waals surface area (Å²) < 4.78 is 0. The molecule has 0 radical (unpaired) electrons. The van der Waals surface area contributed by atoms with Gasteiger partial charge in [0.15, 0.2) is 0 Å². The first-order valence-corrected chi connectivity index (χ1v) is 8.70. The molecule has 26 heavy (non-hydrogen) atoms. The Labute approximate surface area is 154 Å². The third kappa shape index (κ3) is 4.93. The number of amides is 1. The van der Waals surface area contributed by atoms with Crippen LogP contribution in [0.1, 0.15) is 22.3 Å². The van der Waals surface area contributed by atoms with Crippen LogP contribution in [0.15, 0.2) is 66.9 Å². The molecular weight excluding hydrogens is 322 g/mol. The minimum absolute atomic E-state index is 0.0627. The lowest BCUT2D eigenvalue weighted by Gasteiger charge is -2.09. The Hall–Kier alpha value is -3.14. The molecule has 1 aromatic heterocycles. The van der Waals surface area contributed by atoms with Crippen molar-refractivity contribution < 1.29 is 4.79 Å². The highest BCUT2D eigenvalue weighted by Crippen LogP contribution is 2.13. The normalized spacial score (nSPS) is 10.4. The van der Waals surface area contributed by atoms with Crippen LogP contribution in [0.5, 0.6) is 0 Å². The molecule has 1 amide bonds. The fourth-order valence-corrected chi connectivity index (χ4v) is 2.77. The molecule has 0 aliphatic heterocycles. The summed E-state index contributed by atoms with van der Waals surface area (Å²) in [6, 6.07) is 20.0. The van der Waals surface area contributed by atoms with Gasteiger partial charge in [0.25, 0.3) is 0 Å². The molecule has 0 fully saturated rings. The standard InChI is InChI=1S/C22H23N3O/c1-16-6-5-8-18(12-16)14-23-20-10-11-21(24-15-20)25-22(26)13-19-9-4-3-7-17(19)2/h3-12,15,23H,13-14H2,1-2H3,(H,24,25,26).